The third-order valence-electron chi connectivity index (χ3n) is 3.97. The van der Waals surface area contributed by atoms with Crippen LogP contribution in [0.25, 0.3) is 22.4 Å². The Kier molecular flexibility index (Phi) is 3.75. The largest absolute Gasteiger partial charge is 0.319 e. The Morgan fingerprint density at radius 3 is 2.54 bits per heavy atom. The lowest BCUT2D eigenvalue weighted by atomic mass is 10.2. The lowest BCUT2D eigenvalue weighted by Gasteiger charge is -2.11. The Morgan fingerprint density at radius 2 is 1.75 bits per heavy atom. The summed E-state index contributed by atoms with van der Waals surface area (Å²) in [7, 11) is 0. The lowest BCUT2D eigenvalue weighted by Crippen LogP contribution is -2.05. The van der Waals surface area contributed by atoms with Gasteiger partial charge in [0.1, 0.15) is 11.6 Å². The van der Waals surface area contributed by atoms with E-state index in [1.165, 1.54) is 6.07 Å². The molecule has 24 heavy (non-hydrogen) atoms. The van der Waals surface area contributed by atoms with E-state index in [4.69, 9.17) is 16.6 Å². The van der Waals surface area contributed by atoms with Gasteiger partial charge in [-0.3, -0.25) is 4.98 Å². The van der Waals surface area contributed by atoms with Gasteiger partial charge in [0.05, 0.1) is 17.6 Å². The summed E-state index contributed by atoms with van der Waals surface area (Å²) in [6.07, 6.45) is 3.43. The summed E-state index contributed by atoms with van der Waals surface area (Å²) in [6, 6.07) is 16.3. The van der Waals surface area contributed by atoms with E-state index in [2.05, 4.69) is 4.98 Å². The van der Waals surface area contributed by atoms with E-state index in [0.717, 1.165) is 22.4 Å². The van der Waals surface area contributed by atoms with E-state index in [0.29, 0.717) is 17.1 Å². The van der Waals surface area contributed by atoms with E-state index in [-0.39, 0.29) is 5.82 Å². The fraction of sp³-hybridized carbons (Fsp3) is 0.0526. The number of fused-ring (bicyclic) bond motifs is 1. The van der Waals surface area contributed by atoms with Gasteiger partial charge in [-0.2, -0.15) is 0 Å². The molecule has 0 radical (unpaired) electrons. The lowest BCUT2D eigenvalue weighted by molar-refractivity contribution is 0.602. The Balaban J connectivity index is 1.93. The van der Waals surface area contributed by atoms with Crippen molar-refractivity contribution in [3.8, 4) is 11.4 Å². The summed E-state index contributed by atoms with van der Waals surface area (Å²) in [5, 5.41) is 0.411. The quantitative estimate of drug-likeness (QED) is 0.530. The van der Waals surface area contributed by atoms with Gasteiger partial charge in [0, 0.05) is 28.5 Å². The summed E-state index contributed by atoms with van der Waals surface area (Å²) in [6.45, 7) is 0.309. The number of halogens is 2. The van der Waals surface area contributed by atoms with Gasteiger partial charge in [-0.05, 0) is 36.4 Å². The van der Waals surface area contributed by atoms with Crippen LogP contribution >= 0.6 is 11.6 Å². The van der Waals surface area contributed by atoms with Crippen LogP contribution in [0.1, 0.15) is 5.56 Å². The molecule has 0 spiro atoms. The van der Waals surface area contributed by atoms with Gasteiger partial charge >= 0.3 is 0 Å². The van der Waals surface area contributed by atoms with Crippen LogP contribution in [-0.4, -0.2) is 14.5 Å². The predicted molar refractivity (Wildman–Crippen MR) is 93.5 cm³/mol. The standard InChI is InChI=1S/C19H13ClFN3/c20-15-4-3-5-16(21)14(15)12-24-18-7-2-1-6-17(18)23-19(24)13-8-10-22-11-9-13/h1-11H,12H2. The Bertz CT molecular complexity index is 991. The highest BCUT2D eigenvalue weighted by atomic mass is 35.5. The molecule has 0 unspecified atom stereocenters. The molecule has 2 heterocycles. The number of hydrogen-bond donors (Lipinski definition) is 0. The Hall–Kier alpha value is -2.72. The maximum absolute atomic E-state index is 14.2. The molecule has 0 amide bonds. The molecule has 4 rings (SSSR count). The van der Waals surface area contributed by atoms with Crippen LogP contribution in [0.4, 0.5) is 4.39 Å². The minimum atomic E-state index is -0.319. The minimum Gasteiger partial charge on any atom is -0.319 e. The number of rotatable bonds is 3. The fourth-order valence-corrected chi connectivity index (χ4v) is 3.02. The van der Waals surface area contributed by atoms with Gasteiger partial charge in [0.2, 0.25) is 0 Å². The van der Waals surface area contributed by atoms with Crippen molar-refractivity contribution in [3.05, 3.63) is 83.4 Å². The van der Waals surface area contributed by atoms with Crippen LogP contribution < -0.4 is 0 Å². The number of benzene rings is 2. The molecule has 0 aliphatic rings. The molecule has 3 nitrogen and oxygen atoms in total. The van der Waals surface area contributed by atoms with Gasteiger partial charge in [-0.1, -0.05) is 29.8 Å². The third-order valence-corrected chi connectivity index (χ3v) is 4.33. The zero-order valence-electron chi connectivity index (χ0n) is 12.7. The zero-order valence-corrected chi connectivity index (χ0v) is 13.4. The van der Waals surface area contributed by atoms with Crippen LogP contribution in [0, 0.1) is 5.82 Å². The number of nitrogens with zero attached hydrogens (tertiary/aromatic N) is 3. The second-order valence-corrected chi connectivity index (χ2v) is 5.85. The average molecular weight is 338 g/mol. The molecule has 0 fully saturated rings. The van der Waals surface area contributed by atoms with Crippen LogP contribution in [0.15, 0.2) is 67.0 Å². The summed E-state index contributed by atoms with van der Waals surface area (Å²) in [5.41, 5.74) is 3.17. The van der Waals surface area contributed by atoms with E-state index in [1.54, 1.807) is 24.5 Å². The summed E-state index contributed by atoms with van der Waals surface area (Å²) >= 11 is 6.21. The van der Waals surface area contributed by atoms with Crippen molar-refractivity contribution in [2.24, 2.45) is 0 Å². The van der Waals surface area contributed by atoms with Crippen LogP contribution in [-0.2, 0) is 6.54 Å². The molecule has 0 saturated heterocycles. The second kappa shape index (κ2) is 6.06. The maximum atomic E-state index is 14.2. The number of imidazole rings is 1. The third kappa shape index (κ3) is 2.55. The van der Waals surface area contributed by atoms with E-state index in [9.17, 15) is 4.39 Å². The highest BCUT2D eigenvalue weighted by Gasteiger charge is 2.15. The molecule has 0 saturated carbocycles. The monoisotopic (exact) mass is 337 g/mol. The number of aromatic nitrogens is 3. The molecule has 0 bridgehead atoms. The highest BCUT2D eigenvalue weighted by Crippen LogP contribution is 2.28. The van der Waals surface area contributed by atoms with Crippen LogP contribution in [0.2, 0.25) is 5.02 Å². The Labute approximate surface area is 143 Å². The summed E-state index contributed by atoms with van der Waals surface area (Å²) < 4.78 is 16.2. The topological polar surface area (TPSA) is 30.7 Å². The molecule has 0 atom stereocenters. The summed E-state index contributed by atoms with van der Waals surface area (Å²) in [5.74, 6) is 0.443. The van der Waals surface area contributed by atoms with Gasteiger partial charge < -0.3 is 4.57 Å². The predicted octanol–water partition coefficient (Wildman–Crippen LogP) is 4.94. The van der Waals surface area contributed by atoms with E-state index in [1.807, 2.05) is 41.0 Å². The number of hydrogen-bond acceptors (Lipinski definition) is 2. The van der Waals surface area contributed by atoms with Crippen molar-refractivity contribution in [3.63, 3.8) is 0 Å². The van der Waals surface area contributed by atoms with Crippen molar-refractivity contribution in [2.75, 3.05) is 0 Å². The molecule has 2 aromatic heterocycles. The number of pyridine rings is 1. The average Bonchev–Trinajstić information content (AvgIpc) is 2.98. The van der Waals surface area contributed by atoms with Crippen LogP contribution in [0.5, 0.6) is 0 Å². The van der Waals surface area contributed by atoms with Gasteiger partial charge in [-0.15, -0.1) is 0 Å². The minimum absolute atomic E-state index is 0.309. The SMILES string of the molecule is Fc1cccc(Cl)c1Cn1c(-c2ccncc2)nc2ccccc21. The fourth-order valence-electron chi connectivity index (χ4n) is 2.80. The first-order valence-electron chi connectivity index (χ1n) is 7.52. The molecule has 5 heteroatoms. The highest BCUT2D eigenvalue weighted by molar-refractivity contribution is 6.31. The first kappa shape index (κ1) is 14.8. The molecular formula is C19H13ClFN3. The van der Waals surface area contributed by atoms with Crippen molar-refractivity contribution < 1.29 is 4.39 Å². The molecule has 0 aliphatic carbocycles. The second-order valence-electron chi connectivity index (χ2n) is 5.45. The van der Waals surface area contributed by atoms with Gasteiger partial charge in [-0.25, -0.2) is 9.37 Å². The van der Waals surface area contributed by atoms with Crippen LogP contribution in [0.3, 0.4) is 0 Å². The normalized spacial score (nSPS) is 11.1. The van der Waals surface area contributed by atoms with E-state index < -0.39 is 0 Å². The van der Waals surface area contributed by atoms with E-state index >= 15 is 0 Å². The molecule has 118 valence electrons. The first-order chi connectivity index (χ1) is 11.7. The molecule has 4 aromatic rings. The first-order valence-corrected chi connectivity index (χ1v) is 7.90. The maximum Gasteiger partial charge on any atom is 0.141 e. The Morgan fingerprint density at radius 1 is 0.958 bits per heavy atom. The van der Waals surface area contributed by atoms with Crippen molar-refractivity contribution in [1.29, 1.82) is 0 Å². The van der Waals surface area contributed by atoms with Gasteiger partial charge in [0.15, 0.2) is 0 Å². The van der Waals surface area contributed by atoms with Crippen molar-refractivity contribution >= 4 is 22.6 Å². The molecule has 0 N–H and O–H groups in total. The number of para-hydroxylation sites is 2. The molecule has 2 aromatic carbocycles. The smallest absolute Gasteiger partial charge is 0.141 e. The van der Waals surface area contributed by atoms with Crippen molar-refractivity contribution in [1.82, 2.24) is 14.5 Å². The zero-order chi connectivity index (χ0) is 16.5. The van der Waals surface area contributed by atoms with Crippen molar-refractivity contribution in [2.45, 2.75) is 6.54 Å². The summed E-state index contributed by atoms with van der Waals surface area (Å²) in [4.78, 5) is 8.76. The molecular weight excluding hydrogens is 325 g/mol. The van der Waals surface area contributed by atoms with Gasteiger partial charge in [0.25, 0.3) is 0 Å². The molecule has 0 aliphatic heterocycles.